The molecular formula is C22H22Cl2N2O3. The van der Waals surface area contributed by atoms with Crippen molar-refractivity contribution in [2.45, 2.75) is 19.4 Å². The van der Waals surface area contributed by atoms with Crippen molar-refractivity contribution in [3.63, 3.8) is 0 Å². The molecular weight excluding hydrogens is 411 g/mol. The predicted molar refractivity (Wildman–Crippen MR) is 116 cm³/mol. The van der Waals surface area contributed by atoms with Crippen LogP contribution in [0.1, 0.15) is 23.8 Å². The van der Waals surface area contributed by atoms with Gasteiger partial charge in [-0.25, -0.2) is 4.79 Å². The summed E-state index contributed by atoms with van der Waals surface area (Å²) in [5.41, 5.74) is 1.91. The third-order valence-corrected chi connectivity index (χ3v) is 5.80. The molecule has 0 bridgehead atoms. The normalized spacial score (nSPS) is 17.0. The predicted octanol–water partition coefficient (Wildman–Crippen LogP) is 5.20. The van der Waals surface area contributed by atoms with Crippen LogP contribution in [0.5, 0.6) is 5.75 Å². The third kappa shape index (κ3) is 3.82. The fourth-order valence-corrected chi connectivity index (χ4v) is 4.08. The average molecular weight is 433 g/mol. The number of aromatic nitrogens is 1. The Morgan fingerprint density at radius 2 is 1.90 bits per heavy atom. The number of halogens is 2. The molecule has 1 aromatic heterocycles. The second kappa shape index (κ2) is 8.27. The summed E-state index contributed by atoms with van der Waals surface area (Å²) in [7, 11) is 2.06. The zero-order valence-electron chi connectivity index (χ0n) is 16.3. The summed E-state index contributed by atoms with van der Waals surface area (Å²) in [6, 6.07) is 13.1. The monoisotopic (exact) mass is 432 g/mol. The Kier molecular flexibility index (Phi) is 5.72. The first kappa shape index (κ1) is 20.1. The summed E-state index contributed by atoms with van der Waals surface area (Å²) in [5.74, 6) is 0.0438. The molecule has 2 aromatic carbocycles. The van der Waals surface area contributed by atoms with Gasteiger partial charge in [-0.15, -0.1) is 0 Å². The van der Waals surface area contributed by atoms with Gasteiger partial charge in [-0.3, -0.25) is 0 Å². The van der Waals surface area contributed by atoms with Crippen LogP contribution in [0.3, 0.4) is 0 Å². The van der Waals surface area contributed by atoms with Crippen LogP contribution in [0.25, 0.3) is 16.6 Å². The van der Waals surface area contributed by atoms with Gasteiger partial charge in [0, 0.05) is 24.2 Å². The van der Waals surface area contributed by atoms with Crippen molar-refractivity contribution in [3.8, 4) is 11.4 Å². The SMILES string of the molecule is CCOC(=O)c1c(OC2CCN(C)C2)c2cc(Cl)c(Cl)cc2n1-c1ccccc1. The number of likely N-dealkylation sites (N-methyl/N-ethyl adjacent to an activating group) is 1. The van der Waals surface area contributed by atoms with Crippen LogP contribution >= 0.6 is 23.2 Å². The van der Waals surface area contributed by atoms with E-state index >= 15 is 0 Å². The molecule has 0 aliphatic carbocycles. The Balaban J connectivity index is 1.99. The van der Waals surface area contributed by atoms with Crippen molar-refractivity contribution in [1.82, 2.24) is 9.47 Å². The van der Waals surface area contributed by atoms with Gasteiger partial charge < -0.3 is 18.9 Å². The molecule has 1 aliphatic heterocycles. The van der Waals surface area contributed by atoms with Gasteiger partial charge in [0.2, 0.25) is 0 Å². The lowest BCUT2D eigenvalue weighted by Gasteiger charge is -2.16. The van der Waals surface area contributed by atoms with Gasteiger partial charge >= 0.3 is 5.97 Å². The molecule has 0 spiro atoms. The highest BCUT2D eigenvalue weighted by molar-refractivity contribution is 6.43. The zero-order valence-corrected chi connectivity index (χ0v) is 17.8. The minimum Gasteiger partial charge on any atom is -0.486 e. The lowest BCUT2D eigenvalue weighted by molar-refractivity contribution is 0.0510. The second-order valence-electron chi connectivity index (χ2n) is 7.14. The Morgan fingerprint density at radius 1 is 1.17 bits per heavy atom. The van der Waals surface area contributed by atoms with Crippen molar-refractivity contribution < 1.29 is 14.3 Å². The van der Waals surface area contributed by atoms with Crippen molar-refractivity contribution in [3.05, 3.63) is 58.2 Å². The van der Waals surface area contributed by atoms with Gasteiger partial charge in [0.1, 0.15) is 6.10 Å². The van der Waals surface area contributed by atoms with Crippen LogP contribution in [-0.4, -0.2) is 48.3 Å². The molecule has 0 amide bonds. The Hall–Kier alpha value is -2.21. The maximum absolute atomic E-state index is 13.0. The van der Waals surface area contributed by atoms with Gasteiger partial charge in [-0.2, -0.15) is 0 Å². The number of ether oxygens (including phenoxy) is 2. The number of hydrogen-bond donors (Lipinski definition) is 0. The first-order chi connectivity index (χ1) is 14.0. The Bertz CT molecular complexity index is 1050. The van der Waals surface area contributed by atoms with Crippen molar-refractivity contribution in [2.75, 3.05) is 26.7 Å². The number of fused-ring (bicyclic) bond motifs is 1. The number of nitrogens with zero attached hydrogens (tertiary/aromatic N) is 2. The highest BCUT2D eigenvalue weighted by Gasteiger charge is 2.30. The van der Waals surface area contributed by atoms with Gasteiger partial charge in [0.15, 0.2) is 11.4 Å². The van der Waals surface area contributed by atoms with Gasteiger partial charge in [0.05, 0.1) is 22.2 Å². The van der Waals surface area contributed by atoms with Gasteiger partial charge in [-0.1, -0.05) is 41.4 Å². The minimum absolute atomic E-state index is 0.0162. The van der Waals surface area contributed by atoms with Crippen LogP contribution < -0.4 is 4.74 Å². The smallest absolute Gasteiger partial charge is 0.359 e. The van der Waals surface area contributed by atoms with Crippen molar-refractivity contribution in [2.24, 2.45) is 0 Å². The van der Waals surface area contributed by atoms with E-state index in [0.717, 1.165) is 36.1 Å². The highest BCUT2D eigenvalue weighted by Crippen LogP contribution is 2.41. The fraction of sp³-hybridized carbons (Fsp3) is 0.318. The Labute approximate surface area is 179 Å². The number of esters is 1. The van der Waals surface area contributed by atoms with Crippen LogP contribution in [0, 0.1) is 0 Å². The largest absolute Gasteiger partial charge is 0.486 e. The van der Waals surface area contributed by atoms with Crippen molar-refractivity contribution >= 4 is 40.1 Å². The molecule has 29 heavy (non-hydrogen) atoms. The van der Waals surface area contributed by atoms with Crippen molar-refractivity contribution in [1.29, 1.82) is 0 Å². The molecule has 0 saturated carbocycles. The lowest BCUT2D eigenvalue weighted by Crippen LogP contribution is -2.22. The van der Waals surface area contributed by atoms with E-state index in [2.05, 4.69) is 11.9 Å². The number of carbonyl (C=O) groups is 1. The van der Waals surface area contributed by atoms with E-state index in [9.17, 15) is 4.79 Å². The van der Waals surface area contributed by atoms with Crippen LogP contribution in [0.4, 0.5) is 0 Å². The minimum atomic E-state index is -0.443. The number of rotatable bonds is 5. The van der Waals surface area contributed by atoms with Crippen LogP contribution in [-0.2, 0) is 4.74 Å². The molecule has 4 rings (SSSR count). The topological polar surface area (TPSA) is 43.7 Å². The maximum Gasteiger partial charge on any atom is 0.359 e. The van der Waals surface area contributed by atoms with E-state index in [-0.39, 0.29) is 12.7 Å². The molecule has 1 fully saturated rings. The van der Waals surface area contributed by atoms with E-state index < -0.39 is 5.97 Å². The van der Waals surface area contributed by atoms with E-state index in [1.165, 1.54) is 0 Å². The molecule has 152 valence electrons. The molecule has 3 aromatic rings. The molecule has 1 atom stereocenters. The molecule has 1 aliphatic rings. The summed E-state index contributed by atoms with van der Waals surface area (Å²) in [5, 5.41) is 1.56. The van der Waals surface area contributed by atoms with Crippen LogP contribution in [0.15, 0.2) is 42.5 Å². The lowest BCUT2D eigenvalue weighted by atomic mass is 10.2. The van der Waals surface area contributed by atoms with E-state index in [1.807, 2.05) is 34.9 Å². The number of hydrogen-bond acceptors (Lipinski definition) is 4. The molecule has 0 N–H and O–H groups in total. The summed E-state index contributed by atoms with van der Waals surface area (Å²) in [6.45, 7) is 3.79. The quantitative estimate of drug-likeness (QED) is 0.519. The molecule has 1 saturated heterocycles. The average Bonchev–Trinajstić information content (AvgIpc) is 3.25. The first-order valence-corrected chi connectivity index (χ1v) is 10.4. The summed E-state index contributed by atoms with van der Waals surface area (Å²) in [6.07, 6.45) is 0.871. The molecule has 1 unspecified atom stereocenters. The number of para-hydroxylation sites is 1. The molecule has 0 radical (unpaired) electrons. The molecule has 7 heteroatoms. The second-order valence-corrected chi connectivity index (χ2v) is 7.96. The Morgan fingerprint density at radius 3 is 2.55 bits per heavy atom. The summed E-state index contributed by atoms with van der Waals surface area (Å²) in [4.78, 5) is 15.2. The van der Waals surface area contributed by atoms with Crippen LogP contribution in [0.2, 0.25) is 10.0 Å². The number of benzene rings is 2. The highest BCUT2D eigenvalue weighted by atomic mass is 35.5. The van der Waals surface area contributed by atoms with E-state index in [0.29, 0.717) is 21.5 Å². The maximum atomic E-state index is 13.0. The summed E-state index contributed by atoms with van der Waals surface area (Å²) < 4.78 is 13.6. The van der Waals surface area contributed by atoms with Gasteiger partial charge in [0.25, 0.3) is 0 Å². The molecule has 5 nitrogen and oxygen atoms in total. The van der Waals surface area contributed by atoms with E-state index in [4.69, 9.17) is 32.7 Å². The molecule has 2 heterocycles. The summed E-state index contributed by atoms with van der Waals surface area (Å²) >= 11 is 12.7. The third-order valence-electron chi connectivity index (χ3n) is 5.08. The van der Waals surface area contributed by atoms with Gasteiger partial charge in [-0.05, 0) is 44.7 Å². The fourth-order valence-electron chi connectivity index (χ4n) is 3.76. The van der Waals surface area contributed by atoms with E-state index in [1.54, 1.807) is 19.1 Å². The standard InChI is InChI=1S/C22H22Cl2N2O3/c1-3-28-22(27)20-21(29-15-9-10-25(2)13-15)16-11-17(23)18(24)12-19(16)26(20)14-7-5-4-6-8-14/h4-8,11-12,15H,3,9-10,13H2,1-2H3. The zero-order chi connectivity index (χ0) is 20.5. The number of likely N-dealkylation sites (tertiary alicyclic amines) is 1. The first-order valence-electron chi connectivity index (χ1n) is 9.60. The number of carbonyl (C=O) groups excluding carboxylic acids is 1.